The number of carbonyl (C=O) groups excluding carboxylic acids is 1. The Hall–Kier alpha value is -1.40. The van der Waals surface area contributed by atoms with E-state index in [-0.39, 0.29) is 11.3 Å². The Bertz CT molecular complexity index is 857. The van der Waals surface area contributed by atoms with Crippen molar-refractivity contribution in [3.63, 3.8) is 0 Å². The van der Waals surface area contributed by atoms with Gasteiger partial charge in [0.2, 0.25) is 15.9 Å². The maximum atomic E-state index is 13.2. The normalized spacial score (nSPS) is 32.1. The Balaban J connectivity index is 1.56. The zero-order valence-electron chi connectivity index (χ0n) is 14.6. The number of fused-ring (bicyclic) bond motifs is 2. The Morgan fingerprint density at radius 3 is 2.60 bits per heavy atom. The third kappa shape index (κ3) is 2.16. The van der Waals surface area contributed by atoms with Gasteiger partial charge in [0.15, 0.2) is 0 Å². The Kier molecular flexibility index (Phi) is 3.07. The second-order valence-corrected chi connectivity index (χ2v) is 10.4. The molecule has 6 heteroatoms. The van der Waals surface area contributed by atoms with Gasteiger partial charge >= 0.3 is 0 Å². The lowest BCUT2D eigenvalue weighted by atomic mass is 9.88. The monoisotopic (exact) mass is 360 g/mol. The van der Waals surface area contributed by atoms with Gasteiger partial charge in [0.05, 0.1) is 10.4 Å². The molecule has 2 aliphatic carbocycles. The Labute approximate surface area is 149 Å². The summed E-state index contributed by atoms with van der Waals surface area (Å²) in [6.07, 6.45) is 4.84. The fraction of sp³-hybridized carbons (Fsp3) is 0.632. The third-order valence-electron chi connectivity index (χ3n) is 6.61. The highest BCUT2D eigenvalue weighted by Gasteiger charge is 2.59. The van der Waals surface area contributed by atoms with E-state index in [1.54, 1.807) is 16.4 Å². The summed E-state index contributed by atoms with van der Waals surface area (Å²) >= 11 is 0. The molecular formula is C19H24N2O3S. The van der Waals surface area contributed by atoms with Gasteiger partial charge in [-0.3, -0.25) is 4.79 Å². The highest BCUT2D eigenvalue weighted by atomic mass is 32.2. The van der Waals surface area contributed by atoms with Crippen molar-refractivity contribution in [1.29, 1.82) is 0 Å². The Morgan fingerprint density at radius 1 is 1.20 bits per heavy atom. The summed E-state index contributed by atoms with van der Waals surface area (Å²) in [4.78, 5) is 15.2. The first-order chi connectivity index (χ1) is 11.9. The van der Waals surface area contributed by atoms with Gasteiger partial charge < -0.3 is 4.90 Å². The minimum Gasteiger partial charge on any atom is -0.340 e. The van der Waals surface area contributed by atoms with Crippen molar-refractivity contribution in [2.24, 2.45) is 11.3 Å². The van der Waals surface area contributed by atoms with E-state index in [2.05, 4.69) is 0 Å². The third-order valence-corrected chi connectivity index (χ3v) is 8.60. The van der Waals surface area contributed by atoms with Gasteiger partial charge in [-0.2, -0.15) is 4.31 Å². The minimum atomic E-state index is -3.47. The van der Waals surface area contributed by atoms with Crippen molar-refractivity contribution in [1.82, 2.24) is 9.21 Å². The molecule has 3 fully saturated rings. The zero-order valence-corrected chi connectivity index (χ0v) is 15.4. The molecular weight excluding hydrogens is 336 g/mol. The van der Waals surface area contributed by atoms with Crippen molar-refractivity contribution in [2.45, 2.75) is 49.5 Å². The standard InChI is InChI=1S/C19H24N2O3S/c1-18(8-9-18)17(22)20-11-10-19(13-20)15-4-2-3-5-16(15)25(23,24)21(19)12-14-6-7-14/h2-5,14H,6-13H2,1H3/t19-/m0/s1. The maximum Gasteiger partial charge on any atom is 0.244 e. The van der Waals surface area contributed by atoms with Crippen LogP contribution in [-0.2, 0) is 20.4 Å². The quantitative estimate of drug-likeness (QED) is 0.831. The second kappa shape index (κ2) is 4.86. The molecule has 2 heterocycles. The molecule has 0 bridgehead atoms. The average Bonchev–Trinajstić information content (AvgIpc) is 3.51. The predicted octanol–water partition coefficient (Wildman–Crippen LogP) is 2.33. The number of carbonyl (C=O) groups is 1. The fourth-order valence-electron chi connectivity index (χ4n) is 4.54. The molecule has 0 aromatic heterocycles. The van der Waals surface area contributed by atoms with Gasteiger partial charge in [-0.15, -0.1) is 0 Å². The van der Waals surface area contributed by atoms with E-state index in [0.717, 1.165) is 31.2 Å². The van der Waals surface area contributed by atoms with Crippen molar-refractivity contribution < 1.29 is 13.2 Å². The minimum absolute atomic E-state index is 0.205. The van der Waals surface area contributed by atoms with Crippen LogP contribution in [0.1, 0.15) is 44.6 Å². The van der Waals surface area contributed by atoms with Crippen molar-refractivity contribution in [3.8, 4) is 0 Å². The van der Waals surface area contributed by atoms with Crippen LogP contribution in [-0.4, -0.2) is 43.2 Å². The fourth-order valence-corrected chi connectivity index (χ4v) is 6.68. The molecule has 2 saturated carbocycles. The molecule has 1 amide bonds. The van der Waals surface area contributed by atoms with E-state index in [0.29, 0.717) is 36.9 Å². The number of likely N-dealkylation sites (tertiary alicyclic amines) is 1. The Morgan fingerprint density at radius 2 is 1.92 bits per heavy atom. The number of hydrogen-bond acceptors (Lipinski definition) is 3. The molecule has 1 atom stereocenters. The van der Waals surface area contributed by atoms with Crippen LogP contribution in [0.4, 0.5) is 0 Å². The van der Waals surface area contributed by atoms with Gasteiger partial charge in [0.25, 0.3) is 0 Å². The van der Waals surface area contributed by atoms with Crippen molar-refractivity contribution >= 4 is 15.9 Å². The van der Waals surface area contributed by atoms with E-state index in [4.69, 9.17) is 0 Å². The van der Waals surface area contributed by atoms with Crippen LogP contribution in [0.3, 0.4) is 0 Å². The number of sulfonamides is 1. The molecule has 1 aromatic rings. The molecule has 0 radical (unpaired) electrons. The van der Waals surface area contributed by atoms with Gasteiger partial charge in [0.1, 0.15) is 0 Å². The first kappa shape index (κ1) is 15.8. The maximum absolute atomic E-state index is 13.2. The van der Waals surface area contributed by atoms with Crippen LogP contribution in [0.2, 0.25) is 0 Å². The number of nitrogens with zero attached hydrogens (tertiary/aromatic N) is 2. The van der Waals surface area contributed by atoms with Crippen LogP contribution in [0.25, 0.3) is 0 Å². The van der Waals surface area contributed by atoms with Gasteiger partial charge in [-0.05, 0) is 49.7 Å². The van der Waals surface area contributed by atoms with E-state index in [1.807, 2.05) is 24.0 Å². The molecule has 4 aliphatic rings. The molecule has 5 nitrogen and oxygen atoms in total. The molecule has 2 aliphatic heterocycles. The van der Waals surface area contributed by atoms with Crippen LogP contribution < -0.4 is 0 Å². The highest BCUT2D eigenvalue weighted by Crippen LogP contribution is 2.53. The summed E-state index contributed by atoms with van der Waals surface area (Å²) in [5, 5.41) is 0. The number of hydrogen-bond donors (Lipinski definition) is 0. The molecule has 134 valence electrons. The van der Waals surface area contributed by atoms with Gasteiger partial charge in [-0.25, -0.2) is 8.42 Å². The number of benzene rings is 1. The predicted molar refractivity (Wildman–Crippen MR) is 93.3 cm³/mol. The first-order valence-corrected chi connectivity index (χ1v) is 10.7. The van der Waals surface area contributed by atoms with E-state index in [1.165, 1.54) is 0 Å². The highest BCUT2D eigenvalue weighted by molar-refractivity contribution is 7.89. The van der Waals surface area contributed by atoms with Crippen LogP contribution in [0, 0.1) is 11.3 Å². The van der Waals surface area contributed by atoms with Crippen LogP contribution in [0.15, 0.2) is 29.2 Å². The van der Waals surface area contributed by atoms with E-state index >= 15 is 0 Å². The number of amides is 1. The summed E-state index contributed by atoms with van der Waals surface area (Å²) in [5.41, 5.74) is 0.134. The smallest absolute Gasteiger partial charge is 0.244 e. The van der Waals surface area contributed by atoms with E-state index < -0.39 is 15.6 Å². The summed E-state index contributed by atoms with van der Waals surface area (Å²) in [6.45, 7) is 3.78. The van der Waals surface area contributed by atoms with Gasteiger partial charge in [-0.1, -0.05) is 25.1 Å². The lowest BCUT2D eigenvalue weighted by molar-refractivity contribution is -0.135. The van der Waals surface area contributed by atoms with E-state index in [9.17, 15) is 13.2 Å². The summed E-state index contributed by atoms with van der Waals surface area (Å²) in [7, 11) is -3.47. The molecule has 0 N–H and O–H groups in total. The SMILES string of the molecule is CC1(C(=O)N2CC[C@]3(C2)c2ccccc2S(=O)(=O)N3CC2CC2)CC1. The first-order valence-electron chi connectivity index (χ1n) is 9.29. The molecule has 0 unspecified atom stereocenters. The second-order valence-electron chi connectivity index (χ2n) is 8.54. The lowest BCUT2D eigenvalue weighted by Crippen LogP contribution is -2.48. The average molecular weight is 360 g/mol. The summed E-state index contributed by atoms with van der Waals surface area (Å²) in [5.74, 6) is 0.684. The van der Waals surface area contributed by atoms with Crippen LogP contribution >= 0.6 is 0 Å². The number of rotatable bonds is 3. The molecule has 5 rings (SSSR count). The van der Waals surface area contributed by atoms with Gasteiger partial charge in [0, 0.05) is 25.0 Å². The molecule has 1 saturated heterocycles. The zero-order chi connectivity index (χ0) is 17.4. The topological polar surface area (TPSA) is 57.7 Å². The molecule has 25 heavy (non-hydrogen) atoms. The molecule has 1 spiro atoms. The summed E-state index contributed by atoms with van der Waals surface area (Å²) in [6, 6.07) is 7.40. The van der Waals surface area contributed by atoms with Crippen LogP contribution in [0.5, 0.6) is 0 Å². The van der Waals surface area contributed by atoms with Crippen molar-refractivity contribution in [3.05, 3.63) is 29.8 Å². The lowest BCUT2D eigenvalue weighted by Gasteiger charge is -2.34. The van der Waals surface area contributed by atoms with Crippen molar-refractivity contribution in [2.75, 3.05) is 19.6 Å². The largest absolute Gasteiger partial charge is 0.340 e. The summed E-state index contributed by atoms with van der Waals surface area (Å²) < 4.78 is 28.2. The molecule has 1 aromatic carbocycles.